The monoisotopic (exact) mass is 288 g/mol. The molecular weight excluding hydrogens is 272 g/mol. The van der Waals surface area contributed by atoms with Crippen molar-refractivity contribution < 1.29 is 4.42 Å². The topological polar surface area (TPSA) is 56.7 Å². The third kappa shape index (κ3) is 2.27. The van der Waals surface area contributed by atoms with E-state index in [1.165, 1.54) is 5.56 Å². The van der Waals surface area contributed by atoms with Crippen LogP contribution in [0.1, 0.15) is 28.7 Å². The van der Waals surface area contributed by atoms with Gasteiger partial charge in [-0.1, -0.05) is 0 Å². The number of aryl methyl sites for hydroxylation is 4. The van der Waals surface area contributed by atoms with Crippen LogP contribution in [0.3, 0.4) is 0 Å². The molecule has 0 radical (unpaired) electrons. The number of thiophene rings is 1. The van der Waals surface area contributed by atoms with Crippen LogP contribution in [0.5, 0.6) is 0 Å². The van der Waals surface area contributed by atoms with Crippen molar-refractivity contribution in [1.82, 2.24) is 19.7 Å². The molecule has 3 rings (SSSR count). The predicted molar refractivity (Wildman–Crippen MR) is 77.9 cm³/mol. The third-order valence-electron chi connectivity index (χ3n) is 3.21. The first kappa shape index (κ1) is 13.1. The first-order valence-electron chi connectivity index (χ1n) is 6.43. The van der Waals surface area contributed by atoms with Crippen molar-refractivity contribution in [3.8, 4) is 10.8 Å². The fourth-order valence-electron chi connectivity index (χ4n) is 2.12. The van der Waals surface area contributed by atoms with Gasteiger partial charge in [0.25, 0.3) is 0 Å². The zero-order valence-corrected chi connectivity index (χ0v) is 12.8. The zero-order valence-electron chi connectivity index (χ0n) is 12.0. The van der Waals surface area contributed by atoms with Crippen LogP contribution in [-0.2, 0) is 6.54 Å². The molecule has 3 aromatic rings. The number of hydrogen-bond donors (Lipinski definition) is 0. The Balaban J connectivity index is 1.94. The normalized spacial score (nSPS) is 11.2. The standard InChI is InChI=1S/C14H16N4OS/c1-8-5-6-20-13(8)14-16-12(9(2)19-14)7-18-11(4)15-10(3)17-18/h5-6H,7H2,1-4H3. The summed E-state index contributed by atoms with van der Waals surface area (Å²) in [5, 5.41) is 6.41. The second-order valence-electron chi connectivity index (χ2n) is 4.82. The van der Waals surface area contributed by atoms with Crippen LogP contribution in [0, 0.1) is 27.7 Å². The molecule has 0 fully saturated rings. The molecular formula is C14H16N4OS. The number of hydrogen-bond acceptors (Lipinski definition) is 5. The molecule has 0 saturated carbocycles. The Morgan fingerprint density at radius 3 is 2.60 bits per heavy atom. The molecule has 0 unspecified atom stereocenters. The van der Waals surface area contributed by atoms with E-state index in [1.54, 1.807) is 11.3 Å². The summed E-state index contributed by atoms with van der Waals surface area (Å²) in [5.74, 6) is 3.19. The second-order valence-corrected chi connectivity index (χ2v) is 5.73. The molecule has 0 N–H and O–H groups in total. The first-order chi connectivity index (χ1) is 9.54. The second kappa shape index (κ2) is 4.86. The van der Waals surface area contributed by atoms with Crippen LogP contribution < -0.4 is 0 Å². The highest BCUT2D eigenvalue weighted by Crippen LogP contribution is 2.29. The van der Waals surface area contributed by atoms with Crippen LogP contribution in [0.25, 0.3) is 10.8 Å². The molecule has 0 aliphatic rings. The molecule has 0 aliphatic heterocycles. The molecule has 0 spiro atoms. The van der Waals surface area contributed by atoms with Gasteiger partial charge >= 0.3 is 0 Å². The zero-order chi connectivity index (χ0) is 14.3. The van der Waals surface area contributed by atoms with Crippen molar-refractivity contribution in [1.29, 1.82) is 0 Å². The highest BCUT2D eigenvalue weighted by Gasteiger charge is 2.15. The molecule has 0 atom stereocenters. The number of oxazole rings is 1. The van der Waals surface area contributed by atoms with Crippen molar-refractivity contribution in [3.63, 3.8) is 0 Å². The third-order valence-corrected chi connectivity index (χ3v) is 4.22. The fourth-order valence-corrected chi connectivity index (χ4v) is 2.97. The van der Waals surface area contributed by atoms with Crippen LogP contribution in [-0.4, -0.2) is 19.7 Å². The lowest BCUT2D eigenvalue weighted by atomic mass is 10.3. The summed E-state index contributed by atoms with van der Waals surface area (Å²) in [6, 6.07) is 2.07. The van der Waals surface area contributed by atoms with Gasteiger partial charge in [-0.15, -0.1) is 11.3 Å². The Morgan fingerprint density at radius 1 is 1.20 bits per heavy atom. The Kier molecular flexibility index (Phi) is 3.17. The van der Waals surface area contributed by atoms with E-state index in [9.17, 15) is 0 Å². The summed E-state index contributed by atoms with van der Waals surface area (Å²) >= 11 is 1.65. The minimum absolute atomic E-state index is 0.590. The summed E-state index contributed by atoms with van der Waals surface area (Å²) in [6.45, 7) is 8.43. The molecule has 0 saturated heterocycles. The van der Waals surface area contributed by atoms with Crippen molar-refractivity contribution in [2.24, 2.45) is 0 Å². The molecule has 6 heteroatoms. The van der Waals surface area contributed by atoms with Gasteiger partial charge in [0.1, 0.15) is 23.1 Å². The number of aromatic nitrogens is 4. The van der Waals surface area contributed by atoms with Crippen molar-refractivity contribution >= 4 is 11.3 Å². The van der Waals surface area contributed by atoms with Gasteiger partial charge < -0.3 is 4.42 Å². The fraction of sp³-hybridized carbons (Fsp3) is 0.357. The lowest BCUT2D eigenvalue weighted by molar-refractivity contribution is 0.536. The van der Waals surface area contributed by atoms with Gasteiger partial charge in [0, 0.05) is 0 Å². The Hall–Kier alpha value is -1.95. The quantitative estimate of drug-likeness (QED) is 0.742. The maximum absolute atomic E-state index is 5.80. The van der Waals surface area contributed by atoms with Crippen LogP contribution in [0.15, 0.2) is 15.9 Å². The summed E-state index contributed by atoms with van der Waals surface area (Å²) in [5.41, 5.74) is 2.09. The van der Waals surface area contributed by atoms with Gasteiger partial charge in [-0.3, -0.25) is 0 Å². The number of rotatable bonds is 3. The van der Waals surface area contributed by atoms with Crippen molar-refractivity contribution in [2.75, 3.05) is 0 Å². The van der Waals surface area contributed by atoms with Crippen molar-refractivity contribution in [2.45, 2.75) is 34.2 Å². The van der Waals surface area contributed by atoms with E-state index in [-0.39, 0.29) is 0 Å². The van der Waals surface area contributed by atoms with E-state index < -0.39 is 0 Å². The van der Waals surface area contributed by atoms with E-state index in [1.807, 2.05) is 25.5 Å². The smallest absolute Gasteiger partial charge is 0.237 e. The molecule has 0 aliphatic carbocycles. The van der Waals surface area contributed by atoms with Gasteiger partial charge in [0.15, 0.2) is 0 Å². The molecule has 5 nitrogen and oxygen atoms in total. The van der Waals surface area contributed by atoms with E-state index >= 15 is 0 Å². The van der Waals surface area contributed by atoms with Gasteiger partial charge in [-0.25, -0.2) is 14.6 Å². The van der Waals surface area contributed by atoms with Crippen LogP contribution in [0.2, 0.25) is 0 Å². The minimum Gasteiger partial charge on any atom is -0.440 e. The molecule has 3 aromatic heterocycles. The first-order valence-corrected chi connectivity index (χ1v) is 7.31. The average Bonchev–Trinajstić information content (AvgIpc) is 3.02. The lowest BCUT2D eigenvalue weighted by Gasteiger charge is -1.99. The Morgan fingerprint density at radius 2 is 2.00 bits per heavy atom. The average molecular weight is 288 g/mol. The molecule has 3 heterocycles. The summed E-state index contributed by atoms with van der Waals surface area (Å²) in [4.78, 5) is 10.0. The lowest BCUT2D eigenvalue weighted by Crippen LogP contribution is -2.05. The van der Waals surface area contributed by atoms with Gasteiger partial charge in [-0.2, -0.15) is 5.10 Å². The molecule has 104 valence electrons. The Labute approximate surface area is 121 Å². The van der Waals surface area contributed by atoms with Gasteiger partial charge in [0.05, 0.1) is 11.4 Å². The van der Waals surface area contributed by atoms with Gasteiger partial charge in [0.2, 0.25) is 5.89 Å². The van der Waals surface area contributed by atoms with Crippen LogP contribution >= 0.6 is 11.3 Å². The molecule has 0 amide bonds. The minimum atomic E-state index is 0.590. The van der Waals surface area contributed by atoms with E-state index in [0.29, 0.717) is 12.4 Å². The maximum Gasteiger partial charge on any atom is 0.237 e. The van der Waals surface area contributed by atoms with Crippen LogP contribution in [0.4, 0.5) is 0 Å². The maximum atomic E-state index is 5.80. The largest absolute Gasteiger partial charge is 0.440 e. The summed E-state index contributed by atoms with van der Waals surface area (Å²) in [7, 11) is 0. The van der Waals surface area contributed by atoms with Gasteiger partial charge in [-0.05, 0) is 44.7 Å². The highest BCUT2D eigenvalue weighted by atomic mass is 32.1. The summed E-state index contributed by atoms with van der Waals surface area (Å²) in [6.07, 6.45) is 0. The highest BCUT2D eigenvalue weighted by molar-refractivity contribution is 7.13. The van der Waals surface area contributed by atoms with Crippen molar-refractivity contribution in [3.05, 3.63) is 40.1 Å². The van der Waals surface area contributed by atoms with E-state index in [2.05, 4.69) is 33.4 Å². The number of nitrogens with zero attached hydrogens (tertiary/aromatic N) is 4. The molecule has 20 heavy (non-hydrogen) atoms. The Bertz CT molecular complexity index is 753. The summed E-state index contributed by atoms with van der Waals surface area (Å²) < 4.78 is 7.65. The van der Waals surface area contributed by atoms with E-state index in [4.69, 9.17) is 4.42 Å². The molecule has 0 bridgehead atoms. The van der Waals surface area contributed by atoms with E-state index in [0.717, 1.165) is 28.0 Å². The molecule has 0 aromatic carbocycles. The SMILES string of the molecule is Cc1nc(C)n(Cc2nc(-c3sccc3C)oc2C)n1. The predicted octanol–water partition coefficient (Wildman–Crippen LogP) is 3.28.